The Morgan fingerprint density at radius 1 is 1.10 bits per heavy atom. The maximum atomic E-state index is 13.2. The molecule has 3 heteroatoms. The smallest absolute Gasteiger partial charge is 0.123 e. The number of aliphatic hydroxyl groups is 1. The van der Waals surface area contributed by atoms with Crippen LogP contribution in [0.1, 0.15) is 17.4 Å². The van der Waals surface area contributed by atoms with Gasteiger partial charge in [-0.3, -0.25) is 0 Å². The second kappa shape index (κ2) is 5.00. The highest BCUT2D eigenvalue weighted by Crippen LogP contribution is 2.35. The van der Waals surface area contributed by atoms with Crippen LogP contribution >= 0.6 is 11.3 Å². The Bertz CT molecular complexity index is 712. The van der Waals surface area contributed by atoms with E-state index in [1.54, 1.807) is 24.3 Å². The van der Waals surface area contributed by atoms with Gasteiger partial charge in [-0.05, 0) is 42.1 Å². The fourth-order valence-electron chi connectivity index (χ4n) is 2.38. The van der Waals surface area contributed by atoms with E-state index in [0.717, 1.165) is 20.5 Å². The summed E-state index contributed by atoms with van der Waals surface area (Å²) in [6, 6.07) is 16.5. The third kappa shape index (κ3) is 2.60. The molecule has 3 aromatic rings. The zero-order chi connectivity index (χ0) is 14.2. The summed E-state index contributed by atoms with van der Waals surface area (Å²) in [5, 5.41) is 11.9. The molecule has 3 rings (SSSR count). The van der Waals surface area contributed by atoms with Gasteiger partial charge in [0.2, 0.25) is 0 Å². The summed E-state index contributed by atoms with van der Waals surface area (Å²) in [6.07, 6.45) is 0.400. The average Bonchev–Trinajstić information content (AvgIpc) is 2.82. The lowest BCUT2D eigenvalue weighted by Crippen LogP contribution is -2.22. The van der Waals surface area contributed by atoms with E-state index < -0.39 is 5.60 Å². The molecule has 1 aromatic heterocycles. The van der Waals surface area contributed by atoms with Crippen molar-refractivity contribution in [3.05, 3.63) is 70.9 Å². The van der Waals surface area contributed by atoms with Gasteiger partial charge in [0.05, 0.1) is 5.60 Å². The van der Waals surface area contributed by atoms with Crippen LogP contribution in [0.5, 0.6) is 0 Å². The Morgan fingerprint density at radius 3 is 2.65 bits per heavy atom. The molecule has 1 unspecified atom stereocenters. The van der Waals surface area contributed by atoms with Crippen molar-refractivity contribution in [2.24, 2.45) is 0 Å². The highest BCUT2D eigenvalue weighted by molar-refractivity contribution is 7.19. The molecule has 0 fully saturated rings. The van der Waals surface area contributed by atoms with Gasteiger partial charge in [0.15, 0.2) is 0 Å². The van der Waals surface area contributed by atoms with Crippen LogP contribution in [0.3, 0.4) is 0 Å². The van der Waals surface area contributed by atoms with Gasteiger partial charge in [0.1, 0.15) is 5.82 Å². The lowest BCUT2D eigenvalue weighted by molar-refractivity contribution is 0.0615. The molecule has 0 saturated carbocycles. The van der Waals surface area contributed by atoms with Gasteiger partial charge >= 0.3 is 0 Å². The van der Waals surface area contributed by atoms with E-state index in [1.165, 1.54) is 12.1 Å². The van der Waals surface area contributed by atoms with Gasteiger partial charge in [-0.15, -0.1) is 11.3 Å². The first-order valence-electron chi connectivity index (χ1n) is 6.50. The summed E-state index contributed by atoms with van der Waals surface area (Å²) in [6.45, 7) is 1.78. The normalized spacial score (nSPS) is 14.3. The number of thiophene rings is 1. The second-order valence-corrected chi connectivity index (χ2v) is 6.31. The number of rotatable bonds is 3. The molecule has 1 N–H and O–H groups in total. The molecule has 0 bridgehead atoms. The van der Waals surface area contributed by atoms with E-state index >= 15 is 0 Å². The van der Waals surface area contributed by atoms with Crippen LogP contribution in [0.2, 0.25) is 0 Å². The topological polar surface area (TPSA) is 20.2 Å². The molecule has 0 radical (unpaired) electrons. The van der Waals surface area contributed by atoms with Crippen molar-refractivity contribution in [2.45, 2.75) is 18.9 Å². The molecule has 102 valence electrons. The fourth-order valence-corrected chi connectivity index (χ4v) is 3.49. The Balaban J connectivity index is 1.94. The average molecular weight is 286 g/mol. The van der Waals surface area contributed by atoms with E-state index in [2.05, 4.69) is 0 Å². The summed E-state index contributed by atoms with van der Waals surface area (Å²) in [5.74, 6) is -0.269. The number of fused-ring (bicyclic) bond motifs is 1. The van der Waals surface area contributed by atoms with Crippen LogP contribution in [0.25, 0.3) is 10.1 Å². The maximum Gasteiger partial charge on any atom is 0.123 e. The molecule has 0 spiro atoms. The molecule has 0 aliphatic rings. The first kappa shape index (κ1) is 13.3. The highest BCUT2D eigenvalue weighted by Gasteiger charge is 2.26. The first-order chi connectivity index (χ1) is 9.54. The Morgan fingerprint density at radius 2 is 1.90 bits per heavy atom. The Hall–Kier alpha value is -1.71. The van der Waals surface area contributed by atoms with Crippen LogP contribution in [-0.2, 0) is 12.0 Å². The van der Waals surface area contributed by atoms with Crippen LogP contribution in [0.4, 0.5) is 4.39 Å². The van der Waals surface area contributed by atoms with Crippen molar-refractivity contribution < 1.29 is 9.50 Å². The van der Waals surface area contributed by atoms with Gasteiger partial charge in [0.25, 0.3) is 0 Å². The largest absolute Gasteiger partial charge is 0.384 e. The first-order valence-corrected chi connectivity index (χ1v) is 7.32. The third-order valence-corrected chi connectivity index (χ3v) is 4.76. The molecule has 0 aliphatic carbocycles. The second-order valence-electron chi connectivity index (χ2n) is 5.23. The predicted octanol–water partition coefficient (Wildman–Crippen LogP) is 4.49. The van der Waals surface area contributed by atoms with Crippen molar-refractivity contribution >= 4 is 21.4 Å². The monoisotopic (exact) mass is 286 g/mol. The summed E-state index contributed by atoms with van der Waals surface area (Å²) in [5.41, 5.74) is -0.190. The van der Waals surface area contributed by atoms with Gasteiger partial charge in [-0.2, -0.15) is 0 Å². The van der Waals surface area contributed by atoms with E-state index in [4.69, 9.17) is 0 Å². The van der Waals surface area contributed by atoms with Gasteiger partial charge < -0.3 is 5.11 Å². The van der Waals surface area contributed by atoms with Crippen LogP contribution in [0.15, 0.2) is 54.6 Å². The molecule has 0 aliphatic heterocycles. The lowest BCUT2D eigenvalue weighted by atomic mass is 9.94. The van der Waals surface area contributed by atoms with E-state index in [-0.39, 0.29) is 5.82 Å². The van der Waals surface area contributed by atoms with Crippen molar-refractivity contribution in [3.8, 4) is 0 Å². The SMILES string of the molecule is CC(O)(Cc1cccc(F)c1)c1cc2ccccc2s1. The molecular formula is C17H15FOS. The minimum atomic E-state index is -0.989. The standard InChI is InChI=1S/C17H15FOS/c1-17(19,11-12-5-4-7-14(18)9-12)16-10-13-6-2-3-8-15(13)20-16/h2-10,19H,11H2,1H3. The predicted molar refractivity (Wildman–Crippen MR) is 81.5 cm³/mol. The summed E-state index contributed by atoms with van der Waals surface area (Å²) >= 11 is 1.58. The van der Waals surface area contributed by atoms with Gasteiger partial charge in [0, 0.05) is 16.0 Å². The van der Waals surface area contributed by atoms with Crippen molar-refractivity contribution in [1.82, 2.24) is 0 Å². The molecule has 20 heavy (non-hydrogen) atoms. The number of hydrogen-bond acceptors (Lipinski definition) is 2. The maximum absolute atomic E-state index is 13.2. The van der Waals surface area contributed by atoms with E-state index in [9.17, 15) is 9.50 Å². The molecule has 1 atom stereocenters. The number of benzene rings is 2. The van der Waals surface area contributed by atoms with Crippen LogP contribution < -0.4 is 0 Å². The molecule has 1 nitrogen and oxygen atoms in total. The number of halogens is 1. The molecule has 0 amide bonds. The molecule has 0 saturated heterocycles. The van der Waals surface area contributed by atoms with E-state index in [1.807, 2.05) is 36.4 Å². The summed E-state index contributed by atoms with van der Waals surface area (Å²) < 4.78 is 14.4. The number of hydrogen-bond donors (Lipinski definition) is 1. The zero-order valence-corrected chi connectivity index (χ0v) is 12.0. The Kier molecular flexibility index (Phi) is 3.32. The fraction of sp³-hybridized carbons (Fsp3) is 0.176. The van der Waals surface area contributed by atoms with Crippen molar-refractivity contribution in [1.29, 1.82) is 0 Å². The minimum Gasteiger partial charge on any atom is -0.384 e. The van der Waals surface area contributed by atoms with Gasteiger partial charge in [-0.1, -0.05) is 30.3 Å². The lowest BCUT2D eigenvalue weighted by Gasteiger charge is -2.22. The molecular weight excluding hydrogens is 271 g/mol. The molecule has 2 aromatic carbocycles. The molecule has 1 heterocycles. The van der Waals surface area contributed by atoms with Crippen molar-refractivity contribution in [2.75, 3.05) is 0 Å². The summed E-state index contributed by atoms with van der Waals surface area (Å²) in [4.78, 5) is 0.906. The third-order valence-electron chi connectivity index (χ3n) is 3.39. The van der Waals surface area contributed by atoms with E-state index in [0.29, 0.717) is 6.42 Å². The van der Waals surface area contributed by atoms with Gasteiger partial charge in [-0.25, -0.2) is 4.39 Å². The Labute approximate surface area is 121 Å². The van der Waals surface area contributed by atoms with Crippen LogP contribution in [0, 0.1) is 5.82 Å². The summed E-state index contributed by atoms with van der Waals surface area (Å²) in [7, 11) is 0. The minimum absolute atomic E-state index is 0.269. The quantitative estimate of drug-likeness (QED) is 0.752. The highest BCUT2D eigenvalue weighted by atomic mass is 32.1. The van der Waals surface area contributed by atoms with Crippen molar-refractivity contribution in [3.63, 3.8) is 0 Å². The van der Waals surface area contributed by atoms with Crippen LogP contribution in [-0.4, -0.2) is 5.11 Å². The zero-order valence-electron chi connectivity index (χ0n) is 11.1.